The number of nitrogens with two attached hydrogens (primary N) is 1. The largest absolute Gasteiger partial charge is 0.398 e. The molecule has 1 aliphatic carbocycles. The predicted octanol–water partition coefficient (Wildman–Crippen LogP) is 3.71. The highest BCUT2D eigenvalue weighted by molar-refractivity contribution is 7.99. The van der Waals surface area contributed by atoms with Crippen LogP contribution in [-0.2, 0) is 0 Å². The SMILES string of the molecule is Nc1cc(Cl)ccc1SCC1(O)CCCCC1. The van der Waals surface area contributed by atoms with Crippen molar-refractivity contribution in [1.82, 2.24) is 0 Å². The first-order valence-electron chi connectivity index (χ1n) is 5.99. The molecule has 1 aliphatic rings. The van der Waals surface area contributed by atoms with Gasteiger partial charge in [-0.1, -0.05) is 30.9 Å². The van der Waals surface area contributed by atoms with Crippen LogP contribution in [-0.4, -0.2) is 16.5 Å². The van der Waals surface area contributed by atoms with Gasteiger partial charge in [0.2, 0.25) is 0 Å². The molecule has 0 unspecified atom stereocenters. The second-order valence-corrected chi connectivity index (χ2v) is 6.21. The minimum absolute atomic E-state index is 0.505. The third-order valence-electron chi connectivity index (χ3n) is 3.25. The maximum absolute atomic E-state index is 10.4. The Morgan fingerprint density at radius 3 is 2.65 bits per heavy atom. The topological polar surface area (TPSA) is 46.2 Å². The molecule has 94 valence electrons. The fourth-order valence-corrected chi connectivity index (χ4v) is 3.50. The van der Waals surface area contributed by atoms with Crippen LogP contribution in [0.5, 0.6) is 0 Å². The quantitative estimate of drug-likeness (QED) is 0.651. The van der Waals surface area contributed by atoms with E-state index in [0.717, 1.165) is 36.3 Å². The average Bonchev–Trinajstić information content (AvgIpc) is 2.29. The molecule has 0 aliphatic heterocycles. The highest BCUT2D eigenvalue weighted by Gasteiger charge is 2.29. The summed E-state index contributed by atoms with van der Waals surface area (Å²) in [4.78, 5) is 1.01. The van der Waals surface area contributed by atoms with E-state index in [-0.39, 0.29) is 0 Å². The maximum Gasteiger partial charge on any atom is 0.0741 e. The van der Waals surface area contributed by atoms with E-state index in [4.69, 9.17) is 17.3 Å². The number of nitrogen functional groups attached to an aromatic ring is 1. The van der Waals surface area contributed by atoms with Crippen molar-refractivity contribution in [1.29, 1.82) is 0 Å². The Balaban J connectivity index is 1.97. The van der Waals surface area contributed by atoms with Crippen LogP contribution >= 0.6 is 23.4 Å². The molecule has 0 amide bonds. The molecule has 1 aromatic rings. The van der Waals surface area contributed by atoms with E-state index >= 15 is 0 Å². The Morgan fingerprint density at radius 2 is 2.00 bits per heavy atom. The number of halogens is 1. The Hall–Kier alpha value is -0.380. The van der Waals surface area contributed by atoms with Crippen molar-refractivity contribution in [2.75, 3.05) is 11.5 Å². The van der Waals surface area contributed by atoms with Crippen LogP contribution in [0, 0.1) is 0 Å². The van der Waals surface area contributed by atoms with E-state index in [9.17, 15) is 5.11 Å². The number of benzene rings is 1. The van der Waals surface area contributed by atoms with Gasteiger partial charge in [-0.25, -0.2) is 0 Å². The lowest BCUT2D eigenvalue weighted by atomic mass is 9.86. The zero-order valence-corrected chi connectivity index (χ0v) is 11.4. The third kappa shape index (κ3) is 3.54. The van der Waals surface area contributed by atoms with Gasteiger partial charge in [0.05, 0.1) is 5.60 Å². The van der Waals surface area contributed by atoms with Crippen LogP contribution in [0.2, 0.25) is 5.02 Å². The number of hydrogen-bond acceptors (Lipinski definition) is 3. The predicted molar refractivity (Wildman–Crippen MR) is 74.6 cm³/mol. The summed E-state index contributed by atoms with van der Waals surface area (Å²) in [7, 11) is 0. The minimum Gasteiger partial charge on any atom is -0.398 e. The number of rotatable bonds is 3. The van der Waals surface area contributed by atoms with E-state index in [1.54, 1.807) is 17.8 Å². The fraction of sp³-hybridized carbons (Fsp3) is 0.538. The maximum atomic E-state index is 10.4. The Labute approximate surface area is 112 Å². The van der Waals surface area contributed by atoms with Crippen LogP contribution in [0.15, 0.2) is 23.1 Å². The molecule has 2 rings (SSSR count). The van der Waals surface area contributed by atoms with Gasteiger partial charge >= 0.3 is 0 Å². The smallest absolute Gasteiger partial charge is 0.0741 e. The first-order chi connectivity index (χ1) is 8.09. The van der Waals surface area contributed by atoms with Crippen LogP contribution in [0.3, 0.4) is 0 Å². The van der Waals surface area contributed by atoms with Crippen molar-refractivity contribution in [3.63, 3.8) is 0 Å². The molecule has 1 fully saturated rings. The Kier molecular flexibility index (Phi) is 4.23. The van der Waals surface area contributed by atoms with Crippen molar-refractivity contribution < 1.29 is 5.11 Å². The molecule has 0 saturated heterocycles. The molecular formula is C13H18ClNOS. The van der Waals surface area contributed by atoms with E-state index in [1.165, 1.54) is 6.42 Å². The van der Waals surface area contributed by atoms with Crippen molar-refractivity contribution in [3.8, 4) is 0 Å². The second kappa shape index (κ2) is 5.51. The van der Waals surface area contributed by atoms with Crippen molar-refractivity contribution in [2.24, 2.45) is 0 Å². The van der Waals surface area contributed by atoms with Crippen LogP contribution in [0.4, 0.5) is 5.69 Å². The van der Waals surface area contributed by atoms with Gasteiger partial charge in [-0.3, -0.25) is 0 Å². The monoisotopic (exact) mass is 271 g/mol. The highest BCUT2D eigenvalue weighted by atomic mass is 35.5. The molecule has 3 N–H and O–H groups in total. The summed E-state index contributed by atoms with van der Waals surface area (Å²) in [6.45, 7) is 0. The lowest BCUT2D eigenvalue weighted by molar-refractivity contribution is 0.0273. The highest BCUT2D eigenvalue weighted by Crippen LogP contribution is 2.35. The van der Waals surface area contributed by atoms with Gasteiger partial charge in [-0.2, -0.15) is 0 Å². The molecule has 0 aromatic heterocycles. The van der Waals surface area contributed by atoms with E-state index in [2.05, 4.69) is 0 Å². The first kappa shape index (κ1) is 13.1. The summed E-state index contributed by atoms with van der Waals surface area (Å²) in [6, 6.07) is 5.52. The molecule has 0 bridgehead atoms. The van der Waals surface area contributed by atoms with Gasteiger partial charge in [-0.15, -0.1) is 11.8 Å². The second-order valence-electron chi connectivity index (χ2n) is 4.76. The summed E-state index contributed by atoms with van der Waals surface area (Å²) < 4.78 is 0. The fourth-order valence-electron chi connectivity index (χ4n) is 2.22. The third-order valence-corrected chi connectivity index (χ3v) is 4.85. The molecule has 0 heterocycles. The minimum atomic E-state index is -0.505. The molecule has 17 heavy (non-hydrogen) atoms. The van der Waals surface area contributed by atoms with Crippen molar-refractivity contribution in [2.45, 2.75) is 42.6 Å². The zero-order chi connectivity index (χ0) is 12.3. The summed E-state index contributed by atoms with van der Waals surface area (Å²) in [5.74, 6) is 0.721. The number of thioether (sulfide) groups is 1. The summed E-state index contributed by atoms with van der Waals surface area (Å²) >= 11 is 7.48. The Morgan fingerprint density at radius 1 is 1.29 bits per heavy atom. The summed E-state index contributed by atoms with van der Waals surface area (Å²) in [5, 5.41) is 11.0. The summed E-state index contributed by atoms with van der Waals surface area (Å²) in [6.07, 6.45) is 5.33. The van der Waals surface area contributed by atoms with Gasteiger partial charge in [0.15, 0.2) is 0 Å². The van der Waals surface area contributed by atoms with Crippen LogP contribution in [0.25, 0.3) is 0 Å². The number of aliphatic hydroxyl groups is 1. The molecule has 0 spiro atoms. The van der Waals surface area contributed by atoms with E-state index < -0.39 is 5.60 Å². The lowest BCUT2D eigenvalue weighted by Crippen LogP contribution is -2.33. The summed E-state index contributed by atoms with van der Waals surface area (Å²) in [5.41, 5.74) is 6.08. The lowest BCUT2D eigenvalue weighted by Gasteiger charge is -2.31. The van der Waals surface area contributed by atoms with Crippen LogP contribution in [0.1, 0.15) is 32.1 Å². The average molecular weight is 272 g/mol. The van der Waals surface area contributed by atoms with Crippen LogP contribution < -0.4 is 5.73 Å². The van der Waals surface area contributed by atoms with E-state index in [0.29, 0.717) is 10.7 Å². The molecule has 2 nitrogen and oxygen atoms in total. The number of anilines is 1. The van der Waals surface area contributed by atoms with E-state index in [1.807, 2.05) is 12.1 Å². The molecule has 1 aromatic carbocycles. The van der Waals surface area contributed by atoms with Gasteiger partial charge in [-0.05, 0) is 31.0 Å². The molecule has 0 radical (unpaired) electrons. The van der Waals surface area contributed by atoms with Crippen molar-refractivity contribution in [3.05, 3.63) is 23.2 Å². The standard InChI is InChI=1S/C13H18ClNOS/c14-10-4-5-12(11(15)8-10)17-9-13(16)6-2-1-3-7-13/h4-5,8,16H,1-3,6-7,9,15H2. The van der Waals surface area contributed by atoms with Gasteiger partial charge in [0, 0.05) is 21.4 Å². The zero-order valence-electron chi connectivity index (χ0n) is 9.79. The number of hydrogen-bond donors (Lipinski definition) is 2. The molecular weight excluding hydrogens is 254 g/mol. The first-order valence-corrected chi connectivity index (χ1v) is 7.36. The van der Waals surface area contributed by atoms with Crippen molar-refractivity contribution >= 4 is 29.1 Å². The molecule has 1 saturated carbocycles. The normalized spacial score (nSPS) is 19.2. The molecule has 4 heteroatoms. The van der Waals surface area contributed by atoms with Gasteiger partial charge in [0.25, 0.3) is 0 Å². The van der Waals surface area contributed by atoms with Gasteiger partial charge < -0.3 is 10.8 Å². The molecule has 0 atom stereocenters. The Bertz CT molecular complexity index is 391. The van der Waals surface area contributed by atoms with Gasteiger partial charge in [0.1, 0.15) is 0 Å².